The number of methoxy groups -OCH3 is 1. The molecular weight excluding hydrogens is 445 g/mol. The first-order valence-electron chi connectivity index (χ1n) is 11.1. The lowest BCUT2D eigenvalue weighted by atomic mass is 10.1. The summed E-state index contributed by atoms with van der Waals surface area (Å²) in [7, 11) is 1.49. The van der Waals surface area contributed by atoms with E-state index in [1.165, 1.54) is 19.3 Å². The fourth-order valence-corrected chi connectivity index (χ4v) is 3.72. The number of hydrogen-bond donors (Lipinski definition) is 2. The minimum Gasteiger partial charge on any atom is -0.493 e. The number of nitrogens with zero attached hydrogens (tertiary/aromatic N) is 1. The van der Waals surface area contributed by atoms with Crippen molar-refractivity contribution < 1.29 is 18.7 Å². The molecule has 4 rings (SSSR count). The Hall–Kier alpha value is -4.57. The Morgan fingerprint density at radius 3 is 2.69 bits per heavy atom. The fraction of sp³-hybridized carbons (Fsp3) is 0.143. The first-order chi connectivity index (χ1) is 17.1. The monoisotopic (exact) mass is 469 g/mol. The normalized spacial score (nSPS) is 11.2. The van der Waals surface area contributed by atoms with Gasteiger partial charge in [-0.2, -0.15) is 5.26 Å². The van der Waals surface area contributed by atoms with Crippen LogP contribution in [0.25, 0.3) is 17.0 Å². The second kappa shape index (κ2) is 11.0. The highest BCUT2D eigenvalue weighted by Crippen LogP contribution is 2.30. The van der Waals surface area contributed by atoms with Gasteiger partial charge in [-0.25, -0.2) is 4.39 Å². The average molecular weight is 470 g/mol. The molecule has 4 aromatic rings. The number of rotatable bonds is 9. The summed E-state index contributed by atoms with van der Waals surface area (Å²) >= 11 is 0. The largest absolute Gasteiger partial charge is 0.493 e. The number of nitrogens with one attached hydrogen (secondary N) is 2. The smallest absolute Gasteiger partial charge is 0.261 e. The minimum absolute atomic E-state index is 0.0222. The Kier molecular flexibility index (Phi) is 7.44. The summed E-state index contributed by atoms with van der Waals surface area (Å²) < 4.78 is 24.9. The van der Waals surface area contributed by atoms with Gasteiger partial charge in [0.05, 0.1) is 7.11 Å². The van der Waals surface area contributed by atoms with Gasteiger partial charge in [0.2, 0.25) is 0 Å². The van der Waals surface area contributed by atoms with Crippen LogP contribution in [0.15, 0.2) is 78.5 Å². The molecule has 35 heavy (non-hydrogen) atoms. The number of aromatic amines is 1. The number of fused-ring (bicyclic) bond motifs is 1. The molecule has 0 saturated heterocycles. The van der Waals surface area contributed by atoms with Crippen molar-refractivity contribution in [1.82, 2.24) is 10.3 Å². The van der Waals surface area contributed by atoms with Crippen molar-refractivity contribution in [3.63, 3.8) is 0 Å². The van der Waals surface area contributed by atoms with E-state index in [0.717, 1.165) is 16.5 Å². The van der Waals surface area contributed by atoms with Crippen LogP contribution in [0.2, 0.25) is 0 Å². The van der Waals surface area contributed by atoms with E-state index >= 15 is 0 Å². The molecule has 3 aromatic carbocycles. The predicted octanol–water partition coefficient (Wildman–Crippen LogP) is 5.16. The summed E-state index contributed by atoms with van der Waals surface area (Å²) in [4.78, 5) is 15.8. The molecule has 1 aromatic heterocycles. The van der Waals surface area contributed by atoms with Crippen LogP contribution >= 0.6 is 0 Å². The van der Waals surface area contributed by atoms with Gasteiger partial charge in [0.1, 0.15) is 24.1 Å². The Morgan fingerprint density at radius 1 is 1.09 bits per heavy atom. The van der Waals surface area contributed by atoms with Gasteiger partial charge in [0.15, 0.2) is 11.5 Å². The van der Waals surface area contributed by atoms with Crippen LogP contribution in [0.3, 0.4) is 0 Å². The third kappa shape index (κ3) is 5.68. The molecule has 1 amide bonds. The van der Waals surface area contributed by atoms with Crippen LogP contribution in [0.1, 0.15) is 16.7 Å². The van der Waals surface area contributed by atoms with Crippen molar-refractivity contribution in [1.29, 1.82) is 5.26 Å². The van der Waals surface area contributed by atoms with Crippen LogP contribution < -0.4 is 14.8 Å². The maximum absolute atomic E-state index is 13.8. The molecule has 7 heteroatoms. The molecule has 6 nitrogen and oxygen atoms in total. The predicted molar refractivity (Wildman–Crippen MR) is 132 cm³/mol. The lowest BCUT2D eigenvalue weighted by molar-refractivity contribution is -0.117. The standard InChI is InChI=1S/C28H24FN3O3/c1-34-27-15-19(10-11-26(27)35-18-21-6-2-4-8-24(21)29)14-22(16-30)28(33)31-13-12-20-17-32-25-9-5-3-7-23(20)25/h2-11,14-15,17,32H,12-13,18H2,1H3,(H,31,33)/b22-14+. The number of carbonyl (C=O) groups excluding carboxylic acids is 1. The average Bonchev–Trinajstić information content (AvgIpc) is 3.30. The number of nitriles is 1. The summed E-state index contributed by atoms with van der Waals surface area (Å²) in [6, 6.07) is 21.3. The summed E-state index contributed by atoms with van der Waals surface area (Å²) in [5.41, 5.74) is 3.14. The highest BCUT2D eigenvalue weighted by atomic mass is 19.1. The van der Waals surface area contributed by atoms with E-state index < -0.39 is 5.91 Å². The number of hydrogen-bond acceptors (Lipinski definition) is 4. The Labute approximate surface area is 202 Å². The molecule has 0 aliphatic heterocycles. The van der Waals surface area contributed by atoms with Crippen LogP contribution in [-0.4, -0.2) is 24.5 Å². The van der Waals surface area contributed by atoms with Crippen molar-refractivity contribution in [3.8, 4) is 17.6 Å². The van der Waals surface area contributed by atoms with Gasteiger partial charge < -0.3 is 19.8 Å². The maximum atomic E-state index is 13.8. The first-order valence-corrected chi connectivity index (χ1v) is 11.1. The van der Waals surface area contributed by atoms with E-state index in [1.807, 2.05) is 36.5 Å². The second-order valence-electron chi connectivity index (χ2n) is 7.83. The zero-order valence-electron chi connectivity index (χ0n) is 19.2. The van der Waals surface area contributed by atoms with Gasteiger partial charge in [-0.1, -0.05) is 42.5 Å². The number of benzene rings is 3. The van der Waals surface area contributed by atoms with Crippen LogP contribution in [0, 0.1) is 17.1 Å². The van der Waals surface area contributed by atoms with Crippen LogP contribution in [0.4, 0.5) is 4.39 Å². The van der Waals surface area contributed by atoms with Crippen molar-refractivity contribution in [3.05, 3.63) is 101 Å². The molecule has 176 valence electrons. The summed E-state index contributed by atoms with van der Waals surface area (Å²) in [5, 5.41) is 13.4. The molecule has 0 unspecified atom stereocenters. The van der Waals surface area contributed by atoms with Gasteiger partial charge in [-0.15, -0.1) is 0 Å². The number of carbonyl (C=O) groups is 1. The lowest BCUT2D eigenvalue weighted by Gasteiger charge is -2.12. The molecule has 0 bridgehead atoms. The SMILES string of the molecule is COc1cc(/C=C(\C#N)C(=O)NCCc2c[nH]c3ccccc23)ccc1OCc1ccccc1F. The highest BCUT2D eigenvalue weighted by molar-refractivity contribution is 6.01. The second-order valence-corrected chi connectivity index (χ2v) is 7.83. The Bertz CT molecular complexity index is 1420. The quantitative estimate of drug-likeness (QED) is 0.262. The Morgan fingerprint density at radius 2 is 1.89 bits per heavy atom. The van der Waals surface area contributed by atoms with Crippen molar-refractivity contribution in [2.75, 3.05) is 13.7 Å². The molecule has 2 N–H and O–H groups in total. The van der Waals surface area contributed by atoms with E-state index in [4.69, 9.17) is 9.47 Å². The van der Waals surface area contributed by atoms with Gasteiger partial charge >= 0.3 is 0 Å². The van der Waals surface area contributed by atoms with E-state index in [0.29, 0.717) is 35.6 Å². The van der Waals surface area contributed by atoms with Gasteiger partial charge in [0.25, 0.3) is 5.91 Å². The van der Waals surface area contributed by atoms with Crippen molar-refractivity contribution in [2.24, 2.45) is 0 Å². The number of para-hydroxylation sites is 1. The van der Waals surface area contributed by atoms with E-state index in [2.05, 4.69) is 10.3 Å². The van der Waals surface area contributed by atoms with E-state index in [9.17, 15) is 14.4 Å². The minimum atomic E-state index is -0.453. The summed E-state index contributed by atoms with van der Waals surface area (Å²) in [5.74, 6) is 0.0355. The van der Waals surface area contributed by atoms with Crippen molar-refractivity contribution >= 4 is 22.9 Å². The topological polar surface area (TPSA) is 87.1 Å². The number of H-pyrrole nitrogens is 1. The fourth-order valence-electron chi connectivity index (χ4n) is 3.72. The Balaban J connectivity index is 1.40. The maximum Gasteiger partial charge on any atom is 0.261 e. The number of amides is 1. The first kappa shape index (κ1) is 23.6. The van der Waals surface area contributed by atoms with Gasteiger partial charge in [-0.05, 0) is 47.9 Å². The molecule has 1 heterocycles. The zero-order valence-corrected chi connectivity index (χ0v) is 19.2. The van der Waals surface area contributed by atoms with E-state index in [-0.39, 0.29) is 18.0 Å². The molecule has 0 spiro atoms. The third-order valence-corrected chi connectivity index (χ3v) is 5.56. The molecule has 0 aliphatic rings. The molecular formula is C28H24FN3O3. The number of ether oxygens (including phenoxy) is 2. The van der Waals surface area contributed by atoms with Crippen molar-refractivity contribution in [2.45, 2.75) is 13.0 Å². The summed E-state index contributed by atoms with van der Waals surface area (Å²) in [6.07, 6.45) is 4.06. The third-order valence-electron chi connectivity index (χ3n) is 5.56. The molecule has 0 radical (unpaired) electrons. The lowest BCUT2D eigenvalue weighted by Crippen LogP contribution is -2.26. The van der Waals surface area contributed by atoms with Gasteiger partial charge in [0, 0.05) is 29.2 Å². The molecule has 0 saturated carbocycles. The van der Waals surface area contributed by atoms with Crippen LogP contribution in [0.5, 0.6) is 11.5 Å². The molecule has 0 aliphatic carbocycles. The number of aromatic nitrogens is 1. The van der Waals surface area contributed by atoms with Gasteiger partial charge in [-0.3, -0.25) is 4.79 Å². The number of halogens is 1. The van der Waals surface area contributed by atoms with Crippen LogP contribution in [-0.2, 0) is 17.8 Å². The zero-order chi connectivity index (χ0) is 24.6. The highest BCUT2D eigenvalue weighted by Gasteiger charge is 2.12. The molecule has 0 atom stereocenters. The molecule has 0 fully saturated rings. The summed E-state index contributed by atoms with van der Waals surface area (Å²) in [6.45, 7) is 0.437. The van der Waals surface area contributed by atoms with E-state index in [1.54, 1.807) is 36.4 Å².